The smallest absolute Gasteiger partial charge is 0.267 e. The molecule has 1 amide bonds. The number of carbonyl (C=O) groups excluding carboxylic acids is 1. The molecule has 0 bridgehead atoms. The van der Waals surface area contributed by atoms with Crippen molar-refractivity contribution in [3.8, 4) is 0 Å². The molecule has 1 aromatic rings. The zero-order valence-corrected chi connectivity index (χ0v) is 14.6. The van der Waals surface area contributed by atoms with Crippen LogP contribution in [0.1, 0.15) is 43.0 Å². The van der Waals surface area contributed by atoms with Gasteiger partial charge in [0.15, 0.2) is 0 Å². The summed E-state index contributed by atoms with van der Waals surface area (Å²) < 4.78 is 25.3. The van der Waals surface area contributed by atoms with E-state index in [2.05, 4.69) is 17.5 Å². The molecule has 1 aliphatic carbocycles. The Morgan fingerprint density at radius 1 is 1.35 bits per heavy atom. The van der Waals surface area contributed by atoms with Crippen molar-refractivity contribution in [1.82, 2.24) is 9.73 Å². The maximum Gasteiger partial charge on any atom is 0.271 e. The second kappa shape index (κ2) is 7.23. The van der Waals surface area contributed by atoms with Crippen LogP contribution in [0.15, 0.2) is 34.3 Å². The predicted octanol–water partition coefficient (Wildman–Crippen LogP) is 2.23. The SMILES string of the molecule is C[C@H]1CCC/C(=N/NC(=O)c2cccc(S(=O)(=O)N(C)C)c2)C1. The Kier molecular flexibility index (Phi) is 5.54. The molecule has 1 aliphatic rings. The number of nitrogens with one attached hydrogen (secondary N) is 1. The molecule has 0 aliphatic heterocycles. The molecule has 1 N–H and O–H groups in total. The van der Waals surface area contributed by atoms with Crippen molar-refractivity contribution in [1.29, 1.82) is 0 Å². The summed E-state index contributed by atoms with van der Waals surface area (Å²) in [6.07, 6.45) is 4.08. The van der Waals surface area contributed by atoms with Gasteiger partial charge in [0.25, 0.3) is 5.91 Å². The zero-order valence-electron chi connectivity index (χ0n) is 13.7. The number of amides is 1. The quantitative estimate of drug-likeness (QED) is 0.856. The van der Waals surface area contributed by atoms with Crippen molar-refractivity contribution >= 4 is 21.6 Å². The maximum absolute atomic E-state index is 12.2. The molecule has 6 nitrogen and oxygen atoms in total. The lowest BCUT2D eigenvalue weighted by molar-refractivity contribution is 0.0954. The first-order valence-electron chi connectivity index (χ1n) is 7.69. The van der Waals surface area contributed by atoms with Gasteiger partial charge in [0.05, 0.1) is 4.90 Å². The topological polar surface area (TPSA) is 78.8 Å². The highest BCUT2D eigenvalue weighted by atomic mass is 32.2. The standard InChI is InChI=1S/C16H23N3O3S/c1-12-6-4-8-14(10-12)17-18-16(20)13-7-5-9-15(11-13)23(21,22)19(2)3/h5,7,9,11-12H,4,6,8,10H2,1-3H3,(H,18,20)/b17-14-/t12-/m0/s1. The van der Waals surface area contributed by atoms with Crippen LogP contribution < -0.4 is 5.43 Å². The highest BCUT2D eigenvalue weighted by Gasteiger charge is 2.19. The first-order valence-corrected chi connectivity index (χ1v) is 9.13. The largest absolute Gasteiger partial charge is 0.271 e. The number of sulfonamides is 1. The fourth-order valence-electron chi connectivity index (χ4n) is 2.57. The molecule has 1 atom stereocenters. The molecule has 23 heavy (non-hydrogen) atoms. The molecule has 0 radical (unpaired) electrons. The maximum atomic E-state index is 12.2. The average molecular weight is 337 g/mol. The lowest BCUT2D eigenvalue weighted by Crippen LogP contribution is -2.24. The Labute approximate surface area is 137 Å². The van der Waals surface area contributed by atoms with Crippen LogP contribution in [0.4, 0.5) is 0 Å². The Morgan fingerprint density at radius 2 is 2.09 bits per heavy atom. The molecule has 1 fully saturated rings. The number of benzene rings is 1. The van der Waals surface area contributed by atoms with Crippen LogP contribution in [0.2, 0.25) is 0 Å². The molecule has 0 heterocycles. The summed E-state index contributed by atoms with van der Waals surface area (Å²) in [4.78, 5) is 12.3. The first kappa shape index (κ1) is 17.6. The van der Waals surface area contributed by atoms with Gasteiger partial charge in [0, 0.05) is 25.4 Å². The molecule has 1 saturated carbocycles. The second-order valence-electron chi connectivity index (χ2n) is 6.14. The van der Waals surface area contributed by atoms with E-state index < -0.39 is 15.9 Å². The molecule has 126 valence electrons. The van der Waals surface area contributed by atoms with Gasteiger partial charge >= 0.3 is 0 Å². The normalized spacial score (nSPS) is 20.7. The highest BCUT2D eigenvalue weighted by Crippen LogP contribution is 2.21. The average Bonchev–Trinajstić information content (AvgIpc) is 2.52. The molecular formula is C16H23N3O3S. The lowest BCUT2D eigenvalue weighted by Gasteiger charge is -2.19. The minimum atomic E-state index is -3.56. The van der Waals surface area contributed by atoms with Crippen LogP contribution in [-0.2, 0) is 10.0 Å². The Balaban J connectivity index is 2.13. The molecule has 0 unspecified atom stereocenters. The molecule has 0 aromatic heterocycles. The number of hydrazone groups is 1. The number of hydrogen-bond donors (Lipinski definition) is 1. The third kappa shape index (κ3) is 4.39. The Bertz CT molecular complexity index is 711. The zero-order chi connectivity index (χ0) is 17.0. The molecular weight excluding hydrogens is 314 g/mol. The molecule has 7 heteroatoms. The monoisotopic (exact) mass is 337 g/mol. The van der Waals surface area contributed by atoms with Crippen LogP contribution in [0.3, 0.4) is 0 Å². The van der Waals surface area contributed by atoms with E-state index in [1.165, 1.54) is 32.6 Å². The summed E-state index contributed by atoms with van der Waals surface area (Å²) in [6, 6.07) is 5.98. The molecule has 1 aromatic carbocycles. The van der Waals surface area contributed by atoms with E-state index in [1.807, 2.05) is 0 Å². The van der Waals surface area contributed by atoms with Crippen molar-refractivity contribution in [2.75, 3.05) is 14.1 Å². The van der Waals surface area contributed by atoms with Gasteiger partial charge in [0.2, 0.25) is 10.0 Å². The van der Waals surface area contributed by atoms with Crippen LogP contribution in [0.25, 0.3) is 0 Å². The Hall–Kier alpha value is -1.73. The molecule has 0 saturated heterocycles. The predicted molar refractivity (Wildman–Crippen MR) is 89.8 cm³/mol. The number of carbonyl (C=O) groups is 1. The van der Waals surface area contributed by atoms with Crippen LogP contribution in [0, 0.1) is 5.92 Å². The third-order valence-electron chi connectivity index (χ3n) is 3.94. The van der Waals surface area contributed by atoms with Crippen LogP contribution in [-0.4, -0.2) is 38.4 Å². The summed E-state index contributed by atoms with van der Waals surface area (Å²) in [5.74, 6) is 0.194. The van der Waals surface area contributed by atoms with E-state index in [9.17, 15) is 13.2 Å². The highest BCUT2D eigenvalue weighted by molar-refractivity contribution is 7.89. The van der Waals surface area contributed by atoms with Gasteiger partial charge in [-0.05, 0) is 49.8 Å². The van der Waals surface area contributed by atoms with Crippen LogP contribution >= 0.6 is 0 Å². The number of hydrogen-bond acceptors (Lipinski definition) is 4. The van der Waals surface area contributed by atoms with Gasteiger partial charge in [0.1, 0.15) is 0 Å². The van der Waals surface area contributed by atoms with E-state index in [0.29, 0.717) is 5.92 Å². The fourth-order valence-corrected chi connectivity index (χ4v) is 3.51. The van der Waals surface area contributed by atoms with Crippen molar-refractivity contribution in [3.63, 3.8) is 0 Å². The summed E-state index contributed by atoms with van der Waals surface area (Å²) in [6.45, 7) is 2.17. The first-order chi connectivity index (χ1) is 10.8. The minimum absolute atomic E-state index is 0.0918. The van der Waals surface area contributed by atoms with Crippen molar-refractivity contribution in [3.05, 3.63) is 29.8 Å². The van der Waals surface area contributed by atoms with Gasteiger partial charge in [-0.1, -0.05) is 13.0 Å². The minimum Gasteiger partial charge on any atom is -0.267 e. The van der Waals surface area contributed by atoms with E-state index >= 15 is 0 Å². The van der Waals surface area contributed by atoms with Crippen molar-refractivity contribution in [2.45, 2.75) is 37.5 Å². The van der Waals surface area contributed by atoms with E-state index in [0.717, 1.165) is 29.3 Å². The second-order valence-corrected chi connectivity index (χ2v) is 8.29. The van der Waals surface area contributed by atoms with E-state index in [-0.39, 0.29) is 10.5 Å². The third-order valence-corrected chi connectivity index (χ3v) is 5.75. The van der Waals surface area contributed by atoms with Crippen molar-refractivity contribution in [2.24, 2.45) is 11.0 Å². The number of nitrogens with zero attached hydrogens (tertiary/aromatic N) is 2. The number of rotatable bonds is 4. The van der Waals surface area contributed by atoms with Crippen LogP contribution in [0.5, 0.6) is 0 Å². The van der Waals surface area contributed by atoms with Gasteiger partial charge in [-0.3, -0.25) is 4.79 Å². The van der Waals surface area contributed by atoms with Crippen molar-refractivity contribution < 1.29 is 13.2 Å². The summed E-state index contributed by atoms with van der Waals surface area (Å²) in [5.41, 5.74) is 3.81. The summed E-state index contributed by atoms with van der Waals surface area (Å²) in [7, 11) is -0.645. The van der Waals surface area contributed by atoms with Gasteiger partial charge < -0.3 is 0 Å². The van der Waals surface area contributed by atoms with Gasteiger partial charge in [-0.15, -0.1) is 0 Å². The van der Waals surface area contributed by atoms with E-state index in [4.69, 9.17) is 0 Å². The van der Waals surface area contributed by atoms with Gasteiger partial charge in [-0.25, -0.2) is 18.1 Å². The molecule has 2 rings (SSSR count). The molecule has 0 spiro atoms. The Morgan fingerprint density at radius 3 is 2.74 bits per heavy atom. The van der Waals surface area contributed by atoms with Gasteiger partial charge in [-0.2, -0.15) is 5.10 Å². The van der Waals surface area contributed by atoms with E-state index in [1.54, 1.807) is 12.1 Å². The fraction of sp³-hybridized carbons (Fsp3) is 0.500. The summed E-state index contributed by atoms with van der Waals surface area (Å²) >= 11 is 0. The summed E-state index contributed by atoms with van der Waals surface area (Å²) in [5, 5.41) is 4.19. The lowest BCUT2D eigenvalue weighted by atomic mass is 9.89.